The van der Waals surface area contributed by atoms with Gasteiger partial charge in [0.15, 0.2) is 17.3 Å². The van der Waals surface area contributed by atoms with Crippen LogP contribution in [0.25, 0.3) is 5.69 Å². The largest absolute Gasteiger partial charge is 0.490 e. The third-order valence-electron chi connectivity index (χ3n) is 7.33. The van der Waals surface area contributed by atoms with Crippen LogP contribution < -0.4 is 19.6 Å². The number of nitrogens with zero attached hydrogens (tertiary/aromatic N) is 2. The smallest absolute Gasteiger partial charge is 0.307 e. The van der Waals surface area contributed by atoms with Crippen molar-refractivity contribution in [2.24, 2.45) is 5.10 Å². The molecule has 8 nitrogen and oxygen atoms in total. The second-order valence-electron chi connectivity index (χ2n) is 10.9. The molecular weight excluding hydrogens is 578 g/mol. The van der Waals surface area contributed by atoms with Gasteiger partial charge in [-0.25, -0.2) is 5.43 Å². The number of amides is 1. The van der Waals surface area contributed by atoms with Gasteiger partial charge in [-0.05, 0) is 106 Å². The molecule has 2 aromatic heterocycles. The lowest BCUT2D eigenvalue weighted by Crippen LogP contribution is -2.16. The fourth-order valence-corrected chi connectivity index (χ4v) is 5.05. The second kappa shape index (κ2) is 15.0. The van der Waals surface area contributed by atoms with Crippen molar-refractivity contribution in [3.8, 4) is 22.9 Å². The molecule has 5 aromatic rings. The maximum absolute atomic E-state index is 12.7. The van der Waals surface area contributed by atoms with Crippen molar-refractivity contribution in [3.05, 3.63) is 143 Å². The second-order valence-corrected chi connectivity index (χ2v) is 10.9. The van der Waals surface area contributed by atoms with Crippen LogP contribution in [-0.2, 0) is 19.6 Å². The number of aromatic nitrogens is 1. The first-order valence-electron chi connectivity index (χ1n) is 15.2. The Morgan fingerprint density at radius 1 is 0.891 bits per heavy atom. The Kier molecular flexibility index (Phi) is 10.4. The van der Waals surface area contributed by atoms with Crippen LogP contribution in [0.1, 0.15) is 56.9 Å². The third kappa shape index (κ3) is 7.95. The minimum atomic E-state index is -0.473. The van der Waals surface area contributed by atoms with Crippen LogP contribution in [0.4, 0.5) is 0 Å². The van der Waals surface area contributed by atoms with Crippen LogP contribution in [0.5, 0.6) is 17.2 Å². The minimum absolute atomic E-state index is 0.131. The van der Waals surface area contributed by atoms with Gasteiger partial charge in [0.2, 0.25) is 0 Å². The summed E-state index contributed by atoms with van der Waals surface area (Å²) in [6, 6.07) is 27.4. The first-order chi connectivity index (χ1) is 22.3. The van der Waals surface area contributed by atoms with E-state index in [0.717, 1.165) is 22.4 Å². The van der Waals surface area contributed by atoms with Gasteiger partial charge in [-0.3, -0.25) is 4.79 Å². The number of furan rings is 1. The number of hydrazone groups is 1. The van der Waals surface area contributed by atoms with Crippen molar-refractivity contribution in [2.75, 3.05) is 6.61 Å². The average molecular weight is 618 g/mol. The molecule has 8 heteroatoms. The highest BCUT2D eigenvalue weighted by Gasteiger charge is 2.15. The predicted octanol–water partition coefficient (Wildman–Crippen LogP) is 8.04. The zero-order chi connectivity index (χ0) is 32.5. The lowest BCUT2D eigenvalue weighted by atomic mass is 10.1. The molecule has 0 fully saturated rings. The van der Waals surface area contributed by atoms with E-state index in [1.54, 1.807) is 18.3 Å². The average Bonchev–Trinajstić information content (AvgIpc) is 3.67. The summed E-state index contributed by atoms with van der Waals surface area (Å²) in [5, 5.41) is 4.16. The topological polar surface area (TPSA) is 87.2 Å². The predicted molar refractivity (Wildman–Crippen MR) is 180 cm³/mol. The molecule has 3 aromatic carbocycles. The summed E-state index contributed by atoms with van der Waals surface area (Å²) in [7, 11) is 0. The van der Waals surface area contributed by atoms with E-state index in [2.05, 4.69) is 66.7 Å². The van der Waals surface area contributed by atoms with Crippen LogP contribution >= 0.6 is 0 Å². The van der Waals surface area contributed by atoms with E-state index in [0.29, 0.717) is 42.6 Å². The Balaban J connectivity index is 1.19. The number of ether oxygens (including phenoxy) is 3. The molecule has 236 valence electrons. The van der Waals surface area contributed by atoms with Crippen LogP contribution in [-0.4, -0.2) is 23.3 Å². The van der Waals surface area contributed by atoms with Gasteiger partial charge in [0.25, 0.3) is 0 Å². The Hall–Kier alpha value is -5.50. The van der Waals surface area contributed by atoms with Gasteiger partial charge >= 0.3 is 5.91 Å². The highest BCUT2D eigenvalue weighted by atomic mass is 16.5. The molecule has 0 aliphatic carbocycles. The highest BCUT2D eigenvalue weighted by molar-refractivity contribution is 5.92. The van der Waals surface area contributed by atoms with Gasteiger partial charge in [-0.1, -0.05) is 35.9 Å². The zero-order valence-corrected chi connectivity index (χ0v) is 26.7. The van der Waals surface area contributed by atoms with Crippen molar-refractivity contribution in [1.29, 1.82) is 0 Å². The quantitative estimate of drug-likeness (QED) is 0.0774. The Morgan fingerprint density at radius 2 is 1.63 bits per heavy atom. The molecule has 46 heavy (non-hydrogen) atoms. The number of rotatable bonds is 14. The van der Waals surface area contributed by atoms with Gasteiger partial charge in [0.05, 0.1) is 12.8 Å². The molecule has 0 atom stereocenters. The molecule has 1 N–H and O–H groups in total. The van der Waals surface area contributed by atoms with Crippen molar-refractivity contribution in [2.45, 2.75) is 47.3 Å². The number of benzene rings is 3. The molecule has 2 heterocycles. The lowest BCUT2D eigenvalue weighted by Gasteiger charge is -2.17. The molecule has 0 bridgehead atoms. The number of aryl methyl sites for hydroxylation is 3. The molecule has 0 unspecified atom stereocenters. The first-order valence-corrected chi connectivity index (χ1v) is 15.2. The van der Waals surface area contributed by atoms with Crippen LogP contribution in [0.3, 0.4) is 0 Å². The number of carbonyl (C=O) groups excluding carboxylic acids is 1. The van der Waals surface area contributed by atoms with E-state index < -0.39 is 5.91 Å². The summed E-state index contributed by atoms with van der Waals surface area (Å²) in [5.74, 6) is 2.14. The number of hydrogen-bond acceptors (Lipinski definition) is 6. The van der Waals surface area contributed by atoms with Crippen molar-refractivity contribution < 1.29 is 23.4 Å². The highest BCUT2D eigenvalue weighted by Crippen LogP contribution is 2.34. The van der Waals surface area contributed by atoms with E-state index in [9.17, 15) is 4.79 Å². The fraction of sp³-hybridized carbons (Fsp3) is 0.211. The van der Waals surface area contributed by atoms with Crippen LogP contribution in [0.2, 0.25) is 0 Å². The van der Waals surface area contributed by atoms with E-state index >= 15 is 0 Å². The number of carbonyl (C=O) groups is 1. The summed E-state index contributed by atoms with van der Waals surface area (Å²) < 4.78 is 25.9. The third-order valence-corrected chi connectivity index (χ3v) is 7.33. The molecule has 0 saturated heterocycles. The van der Waals surface area contributed by atoms with E-state index in [-0.39, 0.29) is 12.4 Å². The number of nitrogens with one attached hydrogen (secondary N) is 1. The summed E-state index contributed by atoms with van der Waals surface area (Å²) in [6.45, 7) is 13.1. The molecule has 0 saturated carbocycles. The molecule has 0 aliphatic rings. The Morgan fingerprint density at radius 3 is 2.33 bits per heavy atom. The van der Waals surface area contributed by atoms with E-state index in [1.807, 2.05) is 61.5 Å². The summed E-state index contributed by atoms with van der Waals surface area (Å²) >= 11 is 0. The molecule has 5 rings (SSSR count). The van der Waals surface area contributed by atoms with Crippen molar-refractivity contribution in [3.63, 3.8) is 0 Å². The standard InChI is InChI=1S/C38H39N3O5/c1-6-8-31-21-30(22-36(43-7-2)37(31)45-24-29-13-9-26(3)10-14-29)23-39-40-38(42)35-20-19-34(46-35)25-44-33-17-15-32(16-18-33)41-27(4)11-12-28(41)5/h6,9-23H,1,7-8,24-25H2,2-5H3,(H,40,42)/b39-23+. The SMILES string of the molecule is C=CCc1cc(/C=N/NC(=O)c2ccc(COc3ccc(-n4c(C)ccc4C)cc3)o2)cc(OCC)c1OCc1ccc(C)cc1. The van der Waals surface area contributed by atoms with Gasteiger partial charge < -0.3 is 23.2 Å². The summed E-state index contributed by atoms with van der Waals surface area (Å²) in [5.41, 5.74) is 9.84. The van der Waals surface area contributed by atoms with Gasteiger partial charge in [0, 0.05) is 22.6 Å². The molecule has 0 aliphatic heterocycles. The van der Waals surface area contributed by atoms with Gasteiger partial charge in [-0.2, -0.15) is 5.10 Å². The lowest BCUT2D eigenvalue weighted by molar-refractivity contribution is 0.0923. The van der Waals surface area contributed by atoms with Crippen LogP contribution in [0, 0.1) is 20.8 Å². The number of allylic oxidation sites excluding steroid dienone is 1. The minimum Gasteiger partial charge on any atom is -0.490 e. The molecular formula is C38H39N3O5. The van der Waals surface area contributed by atoms with Crippen molar-refractivity contribution in [1.82, 2.24) is 9.99 Å². The van der Waals surface area contributed by atoms with Gasteiger partial charge in [0.1, 0.15) is 24.7 Å². The first kappa shape index (κ1) is 31.9. The van der Waals surface area contributed by atoms with E-state index in [4.69, 9.17) is 18.6 Å². The zero-order valence-electron chi connectivity index (χ0n) is 26.7. The van der Waals surface area contributed by atoms with Crippen LogP contribution in [0.15, 0.2) is 107 Å². The maximum atomic E-state index is 12.7. The Bertz CT molecular complexity index is 1790. The monoisotopic (exact) mass is 617 g/mol. The number of hydrogen-bond donors (Lipinski definition) is 1. The fourth-order valence-electron chi connectivity index (χ4n) is 5.05. The molecule has 1 amide bonds. The molecule has 0 spiro atoms. The maximum Gasteiger partial charge on any atom is 0.307 e. The normalized spacial score (nSPS) is 11.0. The van der Waals surface area contributed by atoms with E-state index in [1.165, 1.54) is 17.0 Å². The van der Waals surface area contributed by atoms with Gasteiger partial charge in [-0.15, -0.1) is 6.58 Å². The summed E-state index contributed by atoms with van der Waals surface area (Å²) in [6.07, 6.45) is 3.94. The van der Waals surface area contributed by atoms with Crippen molar-refractivity contribution >= 4 is 12.1 Å². The molecule has 0 radical (unpaired) electrons. The Labute approximate surface area is 269 Å². The summed E-state index contributed by atoms with van der Waals surface area (Å²) in [4.78, 5) is 12.7.